The van der Waals surface area contributed by atoms with E-state index in [2.05, 4.69) is 5.32 Å². The highest BCUT2D eigenvalue weighted by atomic mass is 35.7. The summed E-state index contributed by atoms with van der Waals surface area (Å²) >= 11 is 5.36. The van der Waals surface area contributed by atoms with Crippen molar-refractivity contribution in [2.24, 2.45) is 0 Å². The van der Waals surface area contributed by atoms with E-state index in [4.69, 9.17) is 21.0 Å². The van der Waals surface area contributed by atoms with E-state index in [9.17, 15) is 0 Å². The first-order valence-corrected chi connectivity index (χ1v) is 5.18. The minimum absolute atomic E-state index is 0.197. The van der Waals surface area contributed by atoms with Gasteiger partial charge in [-0.2, -0.15) is 5.26 Å². The Labute approximate surface area is 73.7 Å². The summed E-state index contributed by atoms with van der Waals surface area (Å²) in [6.07, 6.45) is 0. The molecule has 0 aromatic rings. The van der Waals surface area contributed by atoms with Crippen molar-refractivity contribution in [3.8, 4) is 6.07 Å². The third kappa shape index (κ3) is 4.55. The molecule has 0 fully saturated rings. The van der Waals surface area contributed by atoms with Crippen molar-refractivity contribution >= 4 is 19.4 Å². The van der Waals surface area contributed by atoms with E-state index in [1.807, 2.05) is 19.9 Å². The van der Waals surface area contributed by atoms with Crippen LogP contribution in [-0.2, 0) is 4.52 Å². The van der Waals surface area contributed by atoms with Crippen LogP contribution < -0.4 is 5.32 Å². The SMILES string of the molecule is CC(C)NC(C)(C#N)OPCl. The third-order valence-corrected chi connectivity index (χ3v) is 1.74. The maximum Gasteiger partial charge on any atom is 0.209 e. The van der Waals surface area contributed by atoms with Gasteiger partial charge >= 0.3 is 0 Å². The van der Waals surface area contributed by atoms with Crippen molar-refractivity contribution in [1.29, 1.82) is 5.26 Å². The predicted octanol–water partition coefficient (Wildman–Crippen LogP) is 1.99. The number of hydrogen-bond acceptors (Lipinski definition) is 3. The maximum atomic E-state index is 8.67. The van der Waals surface area contributed by atoms with Crippen LogP contribution in [0.3, 0.4) is 0 Å². The van der Waals surface area contributed by atoms with E-state index >= 15 is 0 Å². The van der Waals surface area contributed by atoms with Gasteiger partial charge in [-0.15, -0.1) is 0 Å². The zero-order valence-corrected chi connectivity index (χ0v) is 8.57. The Morgan fingerprint density at radius 1 is 1.73 bits per heavy atom. The molecule has 3 nitrogen and oxygen atoms in total. The van der Waals surface area contributed by atoms with Gasteiger partial charge in [0.25, 0.3) is 0 Å². The highest BCUT2D eigenvalue weighted by Crippen LogP contribution is 2.25. The van der Waals surface area contributed by atoms with Crippen LogP contribution in [0, 0.1) is 11.3 Å². The summed E-state index contributed by atoms with van der Waals surface area (Å²) in [5.74, 6) is 0. The summed E-state index contributed by atoms with van der Waals surface area (Å²) in [7, 11) is -0.197. The number of nitrogens with zero attached hydrogens (tertiary/aromatic N) is 1. The lowest BCUT2D eigenvalue weighted by Gasteiger charge is -2.24. The molecule has 2 atom stereocenters. The van der Waals surface area contributed by atoms with Crippen LogP contribution in [0.25, 0.3) is 0 Å². The second kappa shape index (κ2) is 4.90. The summed E-state index contributed by atoms with van der Waals surface area (Å²) in [6, 6.07) is 2.20. The first-order chi connectivity index (χ1) is 5.04. The number of nitrogens with one attached hydrogen (secondary N) is 1. The van der Waals surface area contributed by atoms with Crippen LogP contribution >= 0.6 is 19.4 Å². The fraction of sp³-hybridized carbons (Fsp3) is 0.833. The average Bonchev–Trinajstić information content (AvgIpc) is 1.87. The van der Waals surface area contributed by atoms with Gasteiger partial charge in [0.05, 0.1) is 0 Å². The fourth-order valence-electron chi connectivity index (χ4n) is 0.713. The molecule has 0 aliphatic heterocycles. The summed E-state index contributed by atoms with van der Waals surface area (Å²) in [5, 5.41) is 11.6. The quantitative estimate of drug-likeness (QED) is 0.550. The van der Waals surface area contributed by atoms with E-state index in [0.29, 0.717) is 0 Å². The topological polar surface area (TPSA) is 45.0 Å². The van der Waals surface area contributed by atoms with Gasteiger partial charge in [0.15, 0.2) is 0 Å². The van der Waals surface area contributed by atoms with E-state index in [0.717, 1.165) is 0 Å². The monoisotopic (exact) mass is 194 g/mol. The second-order valence-electron chi connectivity index (χ2n) is 2.62. The molecule has 11 heavy (non-hydrogen) atoms. The highest BCUT2D eigenvalue weighted by molar-refractivity contribution is 7.64. The number of nitriles is 1. The molecule has 0 aromatic heterocycles. The highest BCUT2D eigenvalue weighted by Gasteiger charge is 2.24. The molecule has 0 amide bonds. The van der Waals surface area contributed by atoms with Gasteiger partial charge in [-0.3, -0.25) is 5.32 Å². The van der Waals surface area contributed by atoms with Crippen LogP contribution in [0.1, 0.15) is 20.8 Å². The van der Waals surface area contributed by atoms with Crippen molar-refractivity contribution in [3.05, 3.63) is 0 Å². The standard InChI is InChI=1S/C6H12ClN2OP/c1-5(2)9-6(3,4-8)10-11-7/h5,9,11H,1-3H3. The lowest BCUT2D eigenvalue weighted by molar-refractivity contribution is 0.124. The van der Waals surface area contributed by atoms with Crippen LogP contribution in [0.5, 0.6) is 0 Å². The smallest absolute Gasteiger partial charge is 0.209 e. The van der Waals surface area contributed by atoms with Crippen LogP contribution in [0.2, 0.25) is 0 Å². The summed E-state index contributed by atoms with van der Waals surface area (Å²) < 4.78 is 5.01. The van der Waals surface area contributed by atoms with Gasteiger partial charge in [0, 0.05) is 6.04 Å². The molecule has 0 radical (unpaired) electrons. The zero-order valence-electron chi connectivity index (χ0n) is 6.81. The largest absolute Gasteiger partial charge is 0.312 e. The molecule has 0 spiro atoms. The van der Waals surface area contributed by atoms with Crippen LogP contribution in [0.4, 0.5) is 0 Å². The van der Waals surface area contributed by atoms with Gasteiger partial charge in [0.1, 0.15) is 14.2 Å². The van der Waals surface area contributed by atoms with E-state index in [1.54, 1.807) is 6.92 Å². The van der Waals surface area contributed by atoms with E-state index < -0.39 is 5.72 Å². The second-order valence-corrected chi connectivity index (χ2v) is 3.44. The van der Waals surface area contributed by atoms with E-state index in [1.165, 1.54) is 0 Å². The number of halogens is 1. The Kier molecular flexibility index (Phi) is 4.96. The normalized spacial score (nSPS) is 17.1. The van der Waals surface area contributed by atoms with Crippen LogP contribution in [0.15, 0.2) is 0 Å². The minimum atomic E-state index is -0.950. The Morgan fingerprint density at radius 3 is 2.55 bits per heavy atom. The molecular weight excluding hydrogens is 183 g/mol. The Balaban J connectivity index is 4.02. The van der Waals surface area contributed by atoms with Crippen molar-refractivity contribution in [1.82, 2.24) is 5.32 Å². The van der Waals surface area contributed by atoms with Gasteiger partial charge in [-0.25, -0.2) is 0 Å². The van der Waals surface area contributed by atoms with Crippen molar-refractivity contribution < 1.29 is 4.52 Å². The average molecular weight is 195 g/mol. The first-order valence-electron chi connectivity index (χ1n) is 3.26. The van der Waals surface area contributed by atoms with Crippen molar-refractivity contribution in [3.63, 3.8) is 0 Å². The van der Waals surface area contributed by atoms with Gasteiger partial charge < -0.3 is 4.52 Å². The number of rotatable bonds is 4. The molecule has 0 saturated heterocycles. The predicted molar refractivity (Wildman–Crippen MR) is 47.5 cm³/mol. The van der Waals surface area contributed by atoms with Gasteiger partial charge in [-0.1, -0.05) is 11.2 Å². The van der Waals surface area contributed by atoms with Crippen molar-refractivity contribution in [2.45, 2.75) is 32.5 Å². The maximum absolute atomic E-state index is 8.67. The van der Waals surface area contributed by atoms with Crippen molar-refractivity contribution in [2.75, 3.05) is 0 Å². The number of hydrogen-bond donors (Lipinski definition) is 1. The molecule has 64 valence electrons. The Hall–Kier alpha value is 0.130. The van der Waals surface area contributed by atoms with E-state index in [-0.39, 0.29) is 14.2 Å². The Bertz CT molecular complexity index is 159. The molecule has 0 aromatic carbocycles. The minimum Gasteiger partial charge on any atom is -0.312 e. The summed E-state index contributed by atoms with van der Waals surface area (Å²) in [4.78, 5) is 0. The van der Waals surface area contributed by atoms with Gasteiger partial charge in [0.2, 0.25) is 5.72 Å². The molecule has 0 aliphatic carbocycles. The molecule has 0 heterocycles. The lowest BCUT2D eigenvalue weighted by Crippen LogP contribution is -2.45. The van der Waals surface area contributed by atoms with Gasteiger partial charge in [-0.05, 0) is 20.8 Å². The van der Waals surface area contributed by atoms with Crippen LogP contribution in [-0.4, -0.2) is 11.8 Å². The molecule has 0 bridgehead atoms. The molecule has 5 heteroatoms. The first kappa shape index (κ1) is 11.1. The Morgan fingerprint density at radius 2 is 2.27 bits per heavy atom. The molecule has 0 rings (SSSR count). The molecular formula is C6H12ClN2OP. The summed E-state index contributed by atoms with van der Waals surface area (Å²) in [6.45, 7) is 5.54. The molecule has 0 aliphatic rings. The molecule has 2 unspecified atom stereocenters. The summed E-state index contributed by atoms with van der Waals surface area (Å²) in [5.41, 5.74) is -0.950. The molecule has 0 saturated carbocycles. The zero-order chi connectivity index (χ0) is 8.91. The molecule has 1 N–H and O–H groups in total. The lowest BCUT2D eigenvalue weighted by atomic mass is 10.2. The fourth-order valence-corrected chi connectivity index (χ4v) is 1.43. The third-order valence-electron chi connectivity index (χ3n) is 1.02.